The number of imidazole rings is 1. The van der Waals surface area contributed by atoms with Gasteiger partial charge in [0.15, 0.2) is 11.2 Å². The molecule has 4 heterocycles. The SMILES string of the molecule is NC1CCCN(c2nc3ncn(Cc4ccnc5ccccc45)c(=O)c3n2Cc2ccccc2)C1. The van der Waals surface area contributed by atoms with Crippen molar-refractivity contribution in [3.8, 4) is 0 Å². The van der Waals surface area contributed by atoms with Crippen LogP contribution in [0.3, 0.4) is 0 Å². The Morgan fingerprint density at radius 1 is 0.971 bits per heavy atom. The molecule has 1 atom stereocenters. The fourth-order valence-corrected chi connectivity index (χ4v) is 4.98. The van der Waals surface area contributed by atoms with Crippen LogP contribution < -0.4 is 16.2 Å². The Balaban J connectivity index is 1.48. The first-order valence-electron chi connectivity index (χ1n) is 12.0. The van der Waals surface area contributed by atoms with E-state index in [1.165, 1.54) is 0 Å². The lowest BCUT2D eigenvalue weighted by Crippen LogP contribution is -2.44. The fraction of sp³-hybridized carbons (Fsp3) is 0.259. The number of aromatic nitrogens is 5. The zero-order chi connectivity index (χ0) is 23.8. The smallest absolute Gasteiger partial charge is 0.279 e. The van der Waals surface area contributed by atoms with E-state index in [0.29, 0.717) is 24.3 Å². The summed E-state index contributed by atoms with van der Waals surface area (Å²) >= 11 is 0. The monoisotopic (exact) mass is 465 g/mol. The van der Waals surface area contributed by atoms with Crippen LogP contribution in [0.1, 0.15) is 24.0 Å². The molecule has 1 aliphatic heterocycles. The number of anilines is 1. The molecule has 8 nitrogen and oxygen atoms in total. The summed E-state index contributed by atoms with van der Waals surface area (Å²) in [6.45, 7) is 2.53. The van der Waals surface area contributed by atoms with Crippen molar-refractivity contribution in [2.45, 2.75) is 32.0 Å². The van der Waals surface area contributed by atoms with Crippen LogP contribution in [0.25, 0.3) is 22.1 Å². The van der Waals surface area contributed by atoms with Gasteiger partial charge >= 0.3 is 0 Å². The molecule has 0 saturated carbocycles. The number of piperidine rings is 1. The van der Waals surface area contributed by atoms with Gasteiger partial charge in [0.25, 0.3) is 5.56 Å². The van der Waals surface area contributed by atoms with Crippen molar-refractivity contribution in [3.63, 3.8) is 0 Å². The first-order valence-corrected chi connectivity index (χ1v) is 12.0. The summed E-state index contributed by atoms with van der Waals surface area (Å²) in [6, 6.07) is 20.2. The van der Waals surface area contributed by atoms with Crippen LogP contribution in [0.15, 0.2) is 78.0 Å². The second kappa shape index (κ2) is 8.96. The Hall–Kier alpha value is -4.04. The number of nitrogens with zero attached hydrogens (tertiary/aromatic N) is 6. The molecule has 2 aromatic carbocycles. The summed E-state index contributed by atoms with van der Waals surface area (Å²) in [5.41, 5.74) is 10.2. The summed E-state index contributed by atoms with van der Waals surface area (Å²) in [7, 11) is 0. The van der Waals surface area contributed by atoms with Gasteiger partial charge in [0, 0.05) is 30.7 Å². The summed E-state index contributed by atoms with van der Waals surface area (Å²) < 4.78 is 3.68. The van der Waals surface area contributed by atoms with Crippen LogP contribution in [0.2, 0.25) is 0 Å². The van der Waals surface area contributed by atoms with Gasteiger partial charge in [-0.1, -0.05) is 48.5 Å². The van der Waals surface area contributed by atoms with E-state index in [9.17, 15) is 4.79 Å². The normalized spacial score (nSPS) is 16.3. The standard InChI is InChI=1S/C27H27N7O/c28-21-9-6-14-32(17-21)27-31-25-24(34(27)15-19-7-2-1-3-8-19)26(35)33(18-30-25)16-20-12-13-29-23-11-5-4-10-22(20)23/h1-5,7-8,10-13,18,21H,6,9,14-17,28H2. The highest BCUT2D eigenvalue weighted by atomic mass is 16.1. The number of fused-ring (bicyclic) bond motifs is 2. The van der Waals surface area contributed by atoms with Gasteiger partial charge in [-0.15, -0.1) is 0 Å². The van der Waals surface area contributed by atoms with E-state index in [-0.39, 0.29) is 11.6 Å². The lowest BCUT2D eigenvalue weighted by atomic mass is 10.1. The third kappa shape index (κ3) is 4.06. The maximum Gasteiger partial charge on any atom is 0.279 e. The Labute approximate surface area is 202 Å². The first-order chi connectivity index (χ1) is 17.2. The van der Waals surface area contributed by atoms with Crippen LogP contribution in [0, 0.1) is 0 Å². The second-order valence-electron chi connectivity index (χ2n) is 9.17. The zero-order valence-corrected chi connectivity index (χ0v) is 19.4. The first kappa shape index (κ1) is 21.5. The molecule has 0 bridgehead atoms. The molecule has 1 aliphatic rings. The summed E-state index contributed by atoms with van der Waals surface area (Å²) in [4.78, 5) is 29.9. The Kier molecular flexibility index (Phi) is 5.50. The number of benzene rings is 2. The molecule has 6 rings (SSSR count). The fourth-order valence-electron chi connectivity index (χ4n) is 4.98. The largest absolute Gasteiger partial charge is 0.341 e. The van der Waals surface area contributed by atoms with Crippen molar-refractivity contribution in [2.24, 2.45) is 5.73 Å². The predicted molar refractivity (Wildman–Crippen MR) is 138 cm³/mol. The topological polar surface area (TPSA) is 94.9 Å². The number of rotatable bonds is 5. The minimum absolute atomic E-state index is 0.0957. The van der Waals surface area contributed by atoms with Crippen molar-refractivity contribution < 1.29 is 0 Å². The minimum Gasteiger partial charge on any atom is -0.341 e. The molecule has 1 unspecified atom stereocenters. The Bertz CT molecular complexity index is 1550. The number of hydrogen-bond donors (Lipinski definition) is 1. The summed E-state index contributed by atoms with van der Waals surface area (Å²) in [5.74, 6) is 0.760. The zero-order valence-electron chi connectivity index (χ0n) is 19.4. The molecule has 35 heavy (non-hydrogen) atoms. The predicted octanol–water partition coefficient (Wildman–Crippen LogP) is 3.17. The number of pyridine rings is 1. The second-order valence-corrected chi connectivity index (χ2v) is 9.17. The van der Waals surface area contributed by atoms with Gasteiger partial charge in [0.05, 0.1) is 18.6 Å². The van der Waals surface area contributed by atoms with Crippen molar-refractivity contribution in [1.82, 2.24) is 24.1 Å². The molecule has 0 amide bonds. The van der Waals surface area contributed by atoms with Crippen molar-refractivity contribution in [3.05, 3.63) is 94.7 Å². The molecule has 8 heteroatoms. The molecule has 1 saturated heterocycles. The molecule has 1 fully saturated rings. The molecule has 3 aromatic heterocycles. The highest BCUT2D eigenvalue weighted by Gasteiger charge is 2.25. The van der Waals surface area contributed by atoms with Gasteiger partial charge in [0.2, 0.25) is 5.95 Å². The Morgan fingerprint density at radius 2 is 1.80 bits per heavy atom. The maximum absolute atomic E-state index is 13.8. The van der Waals surface area contributed by atoms with Gasteiger partial charge in [-0.05, 0) is 36.1 Å². The van der Waals surface area contributed by atoms with Gasteiger partial charge in [-0.25, -0.2) is 4.98 Å². The molecule has 0 radical (unpaired) electrons. The van der Waals surface area contributed by atoms with E-state index < -0.39 is 0 Å². The minimum atomic E-state index is -0.105. The number of nitrogens with two attached hydrogens (primary N) is 1. The third-order valence-electron chi connectivity index (χ3n) is 6.72. The van der Waals surface area contributed by atoms with Crippen molar-refractivity contribution in [1.29, 1.82) is 0 Å². The Morgan fingerprint density at radius 3 is 2.66 bits per heavy atom. The van der Waals surface area contributed by atoms with E-state index in [1.54, 1.807) is 17.1 Å². The van der Waals surface area contributed by atoms with Gasteiger partial charge < -0.3 is 10.6 Å². The van der Waals surface area contributed by atoms with Gasteiger partial charge in [-0.2, -0.15) is 4.98 Å². The lowest BCUT2D eigenvalue weighted by molar-refractivity contribution is 0.495. The van der Waals surface area contributed by atoms with E-state index >= 15 is 0 Å². The molecule has 5 aromatic rings. The molecule has 0 spiro atoms. The van der Waals surface area contributed by atoms with Crippen LogP contribution in [-0.2, 0) is 13.1 Å². The van der Waals surface area contributed by atoms with Gasteiger partial charge in [-0.3, -0.25) is 18.9 Å². The molecule has 0 aliphatic carbocycles. The summed E-state index contributed by atoms with van der Waals surface area (Å²) in [6.07, 6.45) is 5.39. The number of hydrogen-bond acceptors (Lipinski definition) is 6. The molecule has 2 N–H and O–H groups in total. The molecular formula is C27H27N7O. The average molecular weight is 466 g/mol. The van der Waals surface area contributed by atoms with E-state index in [0.717, 1.165) is 53.9 Å². The van der Waals surface area contributed by atoms with Gasteiger partial charge in [0.1, 0.15) is 6.33 Å². The lowest BCUT2D eigenvalue weighted by Gasteiger charge is -2.31. The van der Waals surface area contributed by atoms with Crippen molar-refractivity contribution >= 4 is 28.0 Å². The molecular weight excluding hydrogens is 438 g/mol. The van der Waals surface area contributed by atoms with Crippen LogP contribution in [0.5, 0.6) is 0 Å². The van der Waals surface area contributed by atoms with E-state index in [4.69, 9.17) is 10.7 Å². The highest BCUT2D eigenvalue weighted by molar-refractivity contribution is 5.82. The van der Waals surface area contributed by atoms with E-state index in [2.05, 4.69) is 27.0 Å². The maximum atomic E-state index is 13.8. The van der Waals surface area contributed by atoms with E-state index in [1.807, 2.05) is 53.1 Å². The average Bonchev–Trinajstić information content (AvgIpc) is 3.25. The quantitative estimate of drug-likeness (QED) is 0.428. The molecule has 176 valence electrons. The van der Waals surface area contributed by atoms with Crippen molar-refractivity contribution in [2.75, 3.05) is 18.0 Å². The highest BCUT2D eigenvalue weighted by Crippen LogP contribution is 2.24. The van der Waals surface area contributed by atoms with Crippen LogP contribution in [-0.4, -0.2) is 43.2 Å². The van der Waals surface area contributed by atoms with Crippen LogP contribution >= 0.6 is 0 Å². The summed E-state index contributed by atoms with van der Waals surface area (Å²) in [5, 5.41) is 1.03. The number of para-hydroxylation sites is 1. The third-order valence-corrected chi connectivity index (χ3v) is 6.72. The van der Waals surface area contributed by atoms with Crippen LogP contribution in [0.4, 0.5) is 5.95 Å².